The monoisotopic (exact) mass is 284 g/mol. The van der Waals surface area contributed by atoms with Crippen molar-refractivity contribution in [1.82, 2.24) is 0 Å². The fourth-order valence-electron chi connectivity index (χ4n) is 1.81. The SMILES string of the molecule is CC(C)SCC1(c2cccc(Br)c2)CC1. The van der Waals surface area contributed by atoms with Crippen molar-refractivity contribution in [3.05, 3.63) is 34.3 Å². The molecule has 1 aliphatic carbocycles. The van der Waals surface area contributed by atoms with Crippen LogP contribution in [0.5, 0.6) is 0 Å². The van der Waals surface area contributed by atoms with E-state index in [0.29, 0.717) is 5.41 Å². The highest BCUT2D eigenvalue weighted by Gasteiger charge is 2.44. The summed E-state index contributed by atoms with van der Waals surface area (Å²) >= 11 is 5.64. The van der Waals surface area contributed by atoms with Crippen LogP contribution in [0.2, 0.25) is 0 Å². The van der Waals surface area contributed by atoms with Crippen LogP contribution in [0.25, 0.3) is 0 Å². The molecule has 1 saturated carbocycles. The molecule has 0 aliphatic heterocycles. The van der Waals surface area contributed by atoms with E-state index in [2.05, 4.69) is 65.8 Å². The van der Waals surface area contributed by atoms with E-state index in [0.717, 1.165) is 5.25 Å². The van der Waals surface area contributed by atoms with Gasteiger partial charge in [-0.25, -0.2) is 0 Å². The summed E-state index contributed by atoms with van der Waals surface area (Å²) in [6.07, 6.45) is 2.73. The van der Waals surface area contributed by atoms with E-state index < -0.39 is 0 Å². The summed E-state index contributed by atoms with van der Waals surface area (Å²) in [7, 11) is 0. The van der Waals surface area contributed by atoms with Gasteiger partial charge in [0.15, 0.2) is 0 Å². The van der Waals surface area contributed by atoms with Gasteiger partial charge in [-0.2, -0.15) is 11.8 Å². The number of benzene rings is 1. The third kappa shape index (κ3) is 2.79. The minimum atomic E-state index is 0.499. The van der Waals surface area contributed by atoms with Gasteiger partial charge in [0.2, 0.25) is 0 Å². The summed E-state index contributed by atoms with van der Waals surface area (Å²) in [6, 6.07) is 8.82. The lowest BCUT2D eigenvalue weighted by molar-refractivity contribution is 0.799. The van der Waals surface area contributed by atoms with Crippen molar-refractivity contribution in [3.63, 3.8) is 0 Å². The summed E-state index contributed by atoms with van der Waals surface area (Å²) in [5.74, 6) is 1.28. The molecule has 0 saturated heterocycles. The molecule has 0 nitrogen and oxygen atoms in total. The van der Waals surface area contributed by atoms with Crippen LogP contribution in [0.3, 0.4) is 0 Å². The Morgan fingerprint density at radius 3 is 2.67 bits per heavy atom. The summed E-state index contributed by atoms with van der Waals surface area (Å²) in [5.41, 5.74) is 2.02. The molecule has 1 aliphatic rings. The van der Waals surface area contributed by atoms with E-state index >= 15 is 0 Å². The van der Waals surface area contributed by atoms with Crippen molar-refractivity contribution >= 4 is 27.7 Å². The molecule has 0 N–H and O–H groups in total. The second kappa shape index (κ2) is 4.50. The minimum Gasteiger partial charge on any atom is -0.158 e. The second-order valence-corrected chi connectivity index (χ2v) is 7.13. The number of halogens is 1. The predicted molar refractivity (Wildman–Crippen MR) is 72.6 cm³/mol. The maximum Gasteiger partial charge on any atom is 0.0178 e. The van der Waals surface area contributed by atoms with Crippen LogP contribution in [0, 0.1) is 0 Å². The van der Waals surface area contributed by atoms with E-state index in [1.807, 2.05) is 0 Å². The molecular weight excluding hydrogens is 268 g/mol. The van der Waals surface area contributed by atoms with Crippen LogP contribution in [0.1, 0.15) is 32.3 Å². The molecule has 15 heavy (non-hydrogen) atoms. The zero-order chi connectivity index (χ0) is 10.9. The van der Waals surface area contributed by atoms with Gasteiger partial charge in [0, 0.05) is 15.6 Å². The van der Waals surface area contributed by atoms with Crippen molar-refractivity contribution in [1.29, 1.82) is 0 Å². The van der Waals surface area contributed by atoms with E-state index in [9.17, 15) is 0 Å². The summed E-state index contributed by atoms with van der Waals surface area (Å²) < 4.78 is 1.21. The average Bonchev–Trinajstić information content (AvgIpc) is 2.96. The Kier molecular flexibility index (Phi) is 3.46. The third-order valence-electron chi connectivity index (χ3n) is 2.98. The normalized spacial score (nSPS) is 18.1. The van der Waals surface area contributed by atoms with Gasteiger partial charge in [-0.05, 0) is 35.8 Å². The Morgan fingerprint density at radius 2 is 2.13 bits per heavy atom. The first-order valence-corrected chi connectivity index (χ1v) is 7.34. The van der Waals surface area contributed by atoms with Crippen LogP contribution in [0.4, 0.5) is 0 Å². The number of thioether (sulfide) groups is 1. The number of rotatable bonds is 4. The molecule has 0 aromatic heterocycles. The fourth-order valence-corrected chi connectivity index (χ4v) is 3.32. The maximum atomic E-state index is 3.56. The zero-order valence-corrected chi connectivity index (χ0v) is 11.7. The van der Waals surface area contributed by atoms with E-state index in [1.165, 1.54) is 28.6 Å². The smallest absolute Gasteiger partial charge is 0.0178 e. The van der Waals surface area contributed by atoms with Crippen LogP contribution >= 0.6 is 27.7 Å². The molecule has 82 valence electrons. The molecule has 0 spiro atoms. The Hall–Kier alpha value is 0.0500. The van der Waals surface area contributed by atoms with Gasteiger partial charge >= 0.3 is 0 Å². The predicted octanol–water partition coefficient (Wildman–Crippen LogP) is 4.62. The number of hydrogen-bond donors (Lipinski definition) is 0. The molecule has 2 heteroatoms. The van der Waals surface area contributed by atoms with Crippen molar-refractivity contribution in [2.75, 3.05) is 5.75 Å². The van der Waals surface area contributed by atoms with Crippen molar-refractivity contribution < 1.29 is 0 Å². The third-order valence-corrected chi connectivity index (χ3v) is 4.86. The van der Waals surface area contributed by atoms with Gasteiger partial charge < -0.3 is 0 Å². The summed E-state index contributed by atoms with van der Waals surface area (Å²) in [5, 5.41) is 0.745. The summed E-state index contributed by atoms with van der Waals surface area (Å²) in [4.78, 5) is 0. The Bertz CT molecular complexity index is 342. The maximum absolute atomic E-state index is 3.56. The quantitative estimate of drug-likeness (QED) is 0.777. The van der Waals surface area contributed by atoms with Crippen molar-refractivity contribution in [3.8, 4) is 0 Å². The van der Waals surface area contributed by atoms with Crippen molar-refractivity contribution in [2.24, 2.45) is 0 Å². The van der Waals surface area contributed by atoms with Gasteiger partial charge in [-0.15, -0.1) is 0 Å². The van der Waals surface area contributed by atoms with Crippen LogP contribution in [-0.2, 0) is 5.41 Å². The van der Waals surface area contributed by atoms with Gasteiger partial charge in [-0.3, -0.25) is 0 Å². The minimum absolute atomic E-state index is 0.499. The Balaban J connectivity index is 2.09. The van der Waals surface area contributed by atoms with E-state index in [4.69, 9.17) is 0 Å². The van der Waals surface area contributed by atoms with Gasteiger partial charge in [-0.1, -0.05) is 41.9 Å². The van der Waals surface area contributed by atoms with E-state index in [-0.39, 0.29) is 0 Å². The summed E-state index contributed by atoms with van der Waals surface area (Å²) in [6.45, 7) is 4.56. The Morgan fingerprint density at radius 1 is 1.40 bits per heavy atom. The molecular formula is C13H17BrS. The lowest BCUT2D eigenvalue weighted by Crippen LogP contribution is -2.11. The largest absolute Gasteiger partial charge is 0.158 e. The molecule has 1 aromatic rings. The second-order valence-electron chi connectivity index (χ2n) is 4.65. The fraction of sp³-hybridized carbons (Fsp3) is 0.538. The first kappa shape index (κ1) is 11.5. The highest BCUT2D eigenvalue weighted by molar-refractivity contribution is 9.10. The molecule has 1 fully saturated rings. The Labute approximate surface area is 105 Å². The number of hydrogen-bond acceptors (Lipinski definition) is 1. The standard InChI is InChI=1S/C13H17BrS/c1-10(2)15-9-13(6-7-13)11-4-3-5-12(14)8-11/h3-5,8,10H,6-7,9H2,1-2H3. The molecule has 0 radical (unpaired) electrons. The molecule has 0 unspecified atom stereocenters. The zero-order valence-electron chi connectivity index (χ0n) is 9.29. The van der Waals surface area contributed by atoms with Crippen molar-refractivity contribution in [2.45, 2.75) is 37.4 Å². The molecule has 0 bridgehead atoms. The highest BCUT2D eigenvalue weighted by Crippen LogP contribution is 2.51. The van der Waals surface area contributed by atoms with E-state index in [1.54, 1.807) is 0 Å². The molecule has 0 atom stereocenters. The first-order valence-electron chi connectivity index (χ1n) is 5.50. The molecule has 0 heterocycles. The molecule has 2 rings (SSSR count). The molecule has 1 aromatic carbocycles. The van der Waals surface area contributed by atoms with Crippen LogP contribution < -0.4 is 0 Å². The van der Waals surface area contributed by atoms with Gasteiger partial charge in [0.05, 0.1) is 0 Å². The van der Waals surface area contributed by atoms with Gasteiger partial charge in [0.1, 0.15) is 0 Å². The topological polar surface area (TPSA) is 0 Å². The first-order chi connectivity index (χ1) is 7.12. The highest BCUT2D eigenvalue weighted by atomic mass is 79.9. The lowest BCUT2D eigenvalue weighted by atomic mass is 9.98. The van der Waals surface area contributed by atoms with Gasteiger partial charge in [0.25, 0.3) is 0 Å². The molecule has 0 amide bonds. The average molecular weight is 285 g/mol. The lowest BCUT2D eigenvalue weighted by Gasteiger charge is -2.17. The van der Waals surface area contributed by atoms with Crippen LogP contribution in [-0.4, -0.2) is 11.0 Å². The van der Waals surface area contributed by atoms with Crippen LogP contribution in [0.15, 0.2) is 28.7 Å².